The molecular weight excluding hydrogens is 761 g/mol. The van der Waals surface area contributed by atoms with Crippen LogP contribution in [0.2, 0.25) is 0 Å². The molecule has 0 bridgehead atoms. The van der Waals surface area contributed by atoms with Gasteiger partial charge in [-0.1, -0.05) is 193 Å². The molecule has 1 heterocycles. The summed E-state index contributed by atoms with van der Waals surface area (Å²) in [5.74, 6) is 0. The zero-order chi connectivity index (χ0) is 42.8. The molecule has 0 saturated heterocycles. The van der Waals surface area contributed by atoms with Gasteiger partial charge in [0, 0.05) is 44.1 Å². The second kappa shape index (κ2) is 13.4. The lowest BCUT2D eigenvalue weighted by atomic mass is 9.72. The third-order valence-corrected chi connectivity index (χ3v) is 14.8. The smallest absolute Gasteiger partial charge is 0.0618 e. The van der Waals surface area contributed by atoms with Crippen molar-refractivity contribution in [3.05, 3.63) is 228 Å². The summed E-state index contributed by atoms with van der Waals surface area (Å²) in [5, 5.41) is 2.44. The summed E-state index contributed by atoms with van der Waals surface area (Å²) in [4.78, 5) is 5.15. The highest BCUT2D eigenvalue weighted by Crippen LogP contribution is 2.60. The molecule has 0 saturated carbocycles. The average molecular weight is 811 g/mol. The van der Waals surface area contributed by atoms with E-state index >= 15 is 0 Å². The standard InChI is InChI=1S/C61H50N2/c1-59(2)49-25-14-12-23-45(49)47-35-32-41(37-52(47)59)62(42-33-36-48-46-24-13-15-26-50(46)60(3,4)53(48)38-42)55-29-18-30-56-57(55)61(5,6)51-27-16-17-28-54(51)63(56)58-43-22-11-10-21-40(43)31-34-44(58)39-19-8-7-9-20-39/h7-38H,1-6H3. The van der Waals surface area contributed by atoms with Gasteiger partial charge in [0.15, 0.2) is 0 Å². The van der Waals surface area contributed by atoms with Gasteiger partial charge >= 0.3 is 0 Å². The van der Waals surface area contributed by atoms with Crippen molar-refractivity contribution in [2.24, 2.45) is 0 Å². The Morgan fingerprint density at radius 2 is 0.873 bits per heavy atom. The van der Waals surface area contributed by atoms with E-state index in [0.717, 1.165) is 11.4 Å². The molecule has 0 N–H and O–H groups in total. The first-order valence-corrected chi connectivity index (χ1v) is 22.4. The Bertz CT molecular complexity index is 3220. The van der Waals surface area contributed by atoms with E-state index in [1.807, 2.05) is 0 Å². The Hall–Kier alpha value is -7.16. The van der Waals surface area contributed by atoms with E-state index in [1.54, 1.807) is 0 Å². The molecule has 304 valence electrons. The molecule has 3 aliphatic rings. The van der Waals surface area contributed by atoms with Gasteiger partial charge in [0.25, 0.3) is 0 Å². The number of benzene rings is 9. The zero-order valence-corrected chi connectivity index (χ0v) is 36.9. The molecule has 12 rings (SSSR count). The van der Waals surface area contributed by atoms with Crippen LogP contribution in [0.25, 0.3) is 44.2 Å². The Morgan fingerprint density at radius 3 is 1.52 bits per heavy atom. The quantitative estimate of drug-likeness (QED) is 0.171. The van der Waals surface area contributed by atoms with Gasteiger partial charge in [0.05, 0.1) is 22.7 Å². The first-order valence-electron chi connectivity index (χ1n) is 22.4. The maximum Gasteiger partial charge on any atom is 0.0618 e. The van der Waals surface area contributed by atoms with Gasteiger partial charge in [0.1, 0.15) is 0 Å². The number of fused-ring (bicyclic) bond motifs is 9. The van der Waals surface area contributed by atoms with Gasteiger partial charge in [-0.2, -0.15) is 0 Å². The molecule has 0 atom stereocenters. The molecule has 0 fully saturated rings. The zero-order valence-electron chi connectivity index (χ0n) is 36.9. The summed E-state index contributed by atoms with van der Waals surface area (Å²) in [5.41, 5.74) is 22.2. The Balaban J connectivity index is 1.15. The van der Waals surface area contributed by atoms with E-state index < -0.39 is 0 Å². The first-order chi connectivity index (χ1) is 30.5. The number of hydrogen-bond acceptors (Lipinski definition) is 2. The molecule has 9 aromatic rings. The molecule has 0 unspecified atom stereocenters. The minimum Gasteiger partial charge on any atom is -0.310 e. The van der Waals surface area contributed by atoms with Crippen molar-refractivity contribution < 1.29 is 0 Å². The van der Waals surface area contributed by atoms with Crippen LogP contribution in [0.1, 0.15) is 74.9 Å². The second-order valence-corrected chi connectivity index (χ2v) is 19.3. The molecule has 63 heavy (non-hydrogen) atoms. The Labute approximate surface area is 371 Å². The normalized spacial score (nSPS) is 15.5. The third-order valence-electron chi connectivity index (χ3n) is 14.8. The average Bonchev–Trinajstić information content (AvgIpc) is 3.68. The molecule has 0 radical (unpaired) electrons. The summed E-state index contributed by atoms with van der Waals surface area (Å²) < 4.78 is 0. The number of anilines is 6. The van der Waals surface area contributed by atoms with E-state index in [4.69, 9.17) is 0 Å². The van der Waals surface area contributed by atoms with Gasteiger partial charge in [-0.05, 0) is 103 Å². The van der Waals surface area contributed by atoms with Crippen molar-refractivity contribution in [2.45, 2.75) is 57.8 Å². The van der Waals surface area contributed by atoms with Crippen LogP contribution in [0, 0.1) is 0 Å². The summed E-state index contributed by atoms with van der Waals surface area (Å²) >= 11 is 0. The largest absolute Gasteiger partial charge is 0.310 e. The summed E-state index contributed by atoms with van der Waals surface area (Å²) in [6.07, 6.45) is 0. The minimum absolute atomic E-state index is 0.150. The molecule has 2 nitrogen and oxygen atoms in total. The number of hydrogen-bond donors (Lipinski definition) is 0. The van der Waals surface area contributed by atoms with E-state index in [9.17, 15) is 0 Å². The molecule has 0 amide bonds. The fraction of sp³-hybridized carbons (Fsp3) is 0.148. The summed E-state index contributed by atoms with van der Waals surface area (Å²) in [7, 11) is 0. The highest BCUT2D eigenvalue weighted by molar-refractivity contribution is 6.08. The van der Waals surface area contributed by atoms with Crippen molar-refractivity contribution in [3.63, 3.8) is 0 Å². The molecule has 2 heteroatoms. The third kappa shape index (κ3) is 5.31. The predicted molar refractivity (Wildman–Crippen MR) is 266 cm³/mol. The second-order valence-electron chi connectivity index (χ2n) is 19.3. The highest BCUT2D eigenvalue weighted by Gasteiger charge is 2.43. The number of nitrogens with zero attached hydrogens (tertiary/aromatic N) is 2. The molecular formula is C61H50N2. The fourth-order valence-electron chi connectivity index (χ4n) is 11.7. The number of rotatable bonds is 5. The SMILES string of the molecule is CC1(C)c2ccccc2-c2ccc(N(c3ccc4c(c3)C(C)(C)c3ccccc3-4)c3cccc4c3C(C)(C)c3ccccc3N4c3c(-c4ccccc4)ccc4ccccc34)cc21. The van der Waals surface area contributed by atoms with E-state index in [0.29, 0.717) is 0 Å². The van der Waals surface area contributed by atoms with Gasteiger partial charge < -0.3 is 9.80 Å². The van der Waals surface area contributed by atoms with Crippen molar-refractivity contribution in [1.82, 2.24) is 0 Å². The molecule has 0 spiro atoms. The van der Waals surface area contributed by atoms with Crippen molar-refractivity contribution >= 4 is 44.9 Å². The number of para-hydroxylation sites is 1. The molecule has 9 aromatic carbocycles. The van der Waals surface area contributed by atoms with Gasteiger partial charge in [-0.15, -0.1) is 0 Å². The van der Waals surface area contributed by atoms with Crippen LogP contribution >= 0.6 is 0 Å². The first kappa shape index (κ1) is 37.6. The Morgan fingerprint density at radius 1 is 0.365 bits per heavy atom. The van der Waals surface area contributed by atoms with Crippen LogP contribution in [0.15, 0.2) is 194 Å². The van der Waals surface area contributed by atoms with Gasteiger partial charge in [0.2, 0.25) is 0 Å². The lowest BCUT2D eigenvalue weighted by Gasteiger charge is -2.45. The summed E-state index contributed by atoms with van der Waals surface area (Å²) in [6.45, 7) is 14.4. The van der Waals surface area contributed by atoms with E-state index in [1.165, 1.54) is 100 Å². The van der Waals surface area contributed by atoms with Crippen molar-refractivity contribution in [2.75, 3.05) is 9.80 Å². The topological polar surface area (TPSA) is 6.48 Å². The lowest BCUT2D eigenvalue weighted by Crippen LogP contribution is -2.33. The van der Waals surface area contributed by atoms with Crippen LogP contribution in [0.3, 0.4) is 0 Å². The van der Waals surface area contributed by atoms with Crippen LogP contribution in [-0.2, 0) is 16.2 Å². The van der Waals surface area contributed by atoms with E-state index in [2.05, 4.69) is 245 Å². The maximum absolute atomic E-state index is 2.58. The molecule has 1 aliphatic heterocycles. The van der Waals surface area contributed by atoms with Crippen LogP contribution in [0.5, 0.6) is 0 Å². The Kier molecular flexibility index (Phi) is 8.01. The van der Waals surface area contributed by atoms with Gasteiger partial charge in [-0.3, -0.25) is 0 Å². The van der Waals surface area contributed by atoms with Crippen molar-refractivity contribution in [1.29, 1.82) is 0 Å². The van der Waals surface area contributed by atoms with Crippen molar-refractivity contribution in [3.8, 4) is 33.4 Å². The van der Waals surface area contributed by atoms with Crippen LogP contribution in [-0.4, -0.2) is 0 Å². The highest BCUT2D eigenvalue weighted by atomic mass is 15.2. The van der Waals surface area contributed by atoms with Crippen LogP contribution in [0.4, 0.5) is 34.1 Å². The van der Waals surface area contributed by atoms with E-state index in [-0.39, 0.29) is 16.2 Å². The minimum atomic E-state index is -0.368. The van der Waals surface area contributed by atoms with Gasteiger partial charge in [-0.25, -0.2) is 0 Å². The van der Waals surface area contributed by atoms with Crippen LogP contribution < -0.4 is 9.80 Å². The lowest BCUT2D eigenvalue weighted by molar-refractivity contribution is 0.632. The summed E-state index contributed by atoms with van der Waals surface area (Å²) in [6, 6.07) is 72.9. The fourth-order valence-corrected chi connectivity index (χ4v) is 11.7. The molecule has 0 aromatic heterocycles. The monoisotopic (exact) mass is 810 g/mol. The maximum atomic E-state index is 2.58. The predicted octanol–water partition coefficient (Wildman–Crippen LogP) is 16.7. The molecule has 2 aliphatic carbocycles.